The van der Waals surface area contributed by atoms with E-state index < -0.39 is 0 Å². The van der Waals surface area contributed by atoms with Gasteiger partial charge < -0.3 is 24.3 Å². The van der Waals surface area contributed by atoms with Gasteiger partial charge in [0.25, 0.3) is 5.91 Å². The second kappa shape index (κ2) is 10.7. The summed E-state index contributed by atoms with van der Waals surface area (Å²) in [6, 6.07) is 13.1. The minimum Gasteiger partial charge on any atom is -0.466 e. The van der Waals surface area contributed by atoms with E-state index in [1.807, 2.05) is 41.9 Å². The molecule has 1 atom stereocenters. The molecule has 184 valence electrons. The lowest BCUT2D eigenvalue weighted by atomic mass is 9.97. The van der Waals surface area contributed by atoms with Crippen LogP contribution < -0.4 is 5.32 Å². The minimum absolute atomic E-state index is 0.115. The van der Waals surface area contributed by atoms with Gasteiger partial charge in [-0.05, 0) is 31.9 Å². The average molecular weight is 479 g/mol. The molecule has 1 aromatic heterocycles. The van der Waals surface area contributed by atoms with Crippen molar-refractivity contribution in [2.75, 3.05) is 38.7 Å². The molecule has 1 fully saturated rings. The van der Waals surface area contributed by atoms with E-state index in [9.17, 15) is 14.4 Å². The molecular weight excluding hydrogens is 448 g/mol. The van der Waals surface area contributed by atoms with Crippen LogP contribution in [0, 0.1) is 5.92 Å². The van der Waals surface area contributed by atoms with Crippen molar-refractivity contribution in [2.45, 2.75) is 19.8 Å². The van der Waals surface area contributed by atoms with Crippen LogP contribution in [0.5, 0.6) is 0 Å². The molecule has 1 N–H and O–H groups in total. The van der Waals surface area contributed by atoms with Gasteiger partial charge in [-0.15, -0.1) is 0 Å². The zero-order valence-corrected chi connectivity index (χ0v) is 20.2. The molecule has 2 amide bonds. The van der Waals surface area contributed by atoms with Crippen LogP contribution in [0.2, 0.25) is 0 Å². The lowest BCUT2D eigenvalue weighted by Crippen LogP contribution is -2.42. The summed E-state index contributed by atoms with van der Waals surface area (Å²) in [5.74, 6) is -0.439. The Morgan fingerprint density at radius 2 is 1.94 bits per heavy atom. The molecule has 1 aliphatic rings. The standard InChI is InChI=1S/C26H30N4O5/c1-4-35-26(33)18-11-8-12-30(15-18)25(32)19-13-20(27-22(31)16-34-3)23-21(14-19)28-24(29(23)2)17-9-6-5-7-10-17/h5-7,9-10,13-14,18H,4,8,11-12,15-16H2,1-3H3,(H,27,31)/t18-/m1/s1. The van der Waals surface area contributed by atoms with E-state index in [2.05, 4.69) is 5.32 Å². The summed E-state index contributed by atoms with van der Waals surface area (Å²) < 4.78 is 12.0. The highest BCUT2D eigenvalue weighted by Gasteiger charge is 2.30. The van der Waals surface area contributed by atoms with E-state index >= 15 is 0 Å². The molecule has 1 saturated heterocycles. The predicted octanol–water partition coefficient (Wildman–Crippen LogP) is 3.24. The van der Waals surface area contributed by atoms with E-state index in [4.69, 9.17) is 14.5 Å². The zero-order chi connectivity index (χ0) is 24.9. The molecule has 0 saturated carbocycles. The highest BCUT2D eigenvalue weighted by atomic mass is 16.5. The summed E-state index contributed by atoms with van der Waals surface area (Å²) in [6.07, 6.45) is 1.41. The molecule has 0 aliphatic carbocycles. The summed E-state index contributed by atoms with van der Waals surface area (Å²) in [4.78, 5) is 44.6. The number of carbonyl (C=O) groups is 3. The fourth-order valence-electron chi connectivity index (χ4n) is 4.53. The second-order valence-corrected chi connectivity index (χ2v) is 8.58. The van der Waals surface area contributed by atoms with Crippen LogP contribution in [-0.4, -0.2) is 65.6 Å². The van der Waals surface area contributed by atoms with Gasteiger partial charge in [0.05, 0.1) is 29.2 Å². The Morgan fingerprint density at radius 1 is 1.17 bits per heavy atom. The summed E-state index contributed by atoms with van der Waals surface area (Å²) in [5.41, 5.74) is 3.08. The number of aromatic nitrogens is 2. The molecule has 0 radical (unpaired) electrons. The Labute approximate surface area is 204 Å². The largest absolute Gasteiger partial charge is 0.466 e. The number of hydrogen-bond donors (Lipinski definition) is 1. The van der Waals surface area contributed by atoms with Gasteiger partial charge >= 0.3 is 5.97 Å². The number of fused-ring (bicyclic) bond motifs is 1. The molecule has 35 heavy (non-hydrogen) atoms. The summed E-state index contributed by atoms with van der Waals surface area (Å²) >= 11 is 0. The van der Waals surface area contributed by atoms with Crippen molar-refractivity contribution in [3.8, 4) is 11.4 Å². The first kappa shape index (κ1) is 24.4. The predicted molar refractivity (Wildman–Crippen MR) is 132 cm³/mol. The molecule has 4 rings (SSSR count). The minimum atomic E-state index is -0.336. The van der Waals surface area contributed by atoms with E-state index in [0.29, 0.717) is 54.2 Å². The highest BCUT2D eigenvalue weighted by molar-refractivity contribution is 6.06. The Kier molecular flexibility index (Phi) is 7.45. The number of likely N-dealkylation sites (tertiary alicyclic amines) is 1. The topological polar surface area (TPSA) is 103 Å². The lowest BCUT2D eigenvalue weighted by Gasteiger charge is -2.31. The van der Waals surface area contributed by atoms with Crippen molar-refractivity contribution in [3.05, 3.63) is 48.0 Å². The van der Waals surface area contributed by atoms with Gasteiger partial charge in [0, 0.05) is 38.4 Å². The quantitative estimate of drug-likeness (QED) is 0.523. The fourth-order valence-corrected chi connectivity index (χ4v) is 4.53. The Bertz CT molecular complexity index is 1240. The van der Waals surface area contributed by atoms with Crippen molar-refractivity contribution < 1.29 is 23.9 Å². The maximum absolute atomic E-state index is 13.5. The zero-order valence-electron chi connectivity index (χ0n) is 20.2. The van der Waals surface area contributed by atoms with Gasteiger partial charge in [-0.3, -0.25) is 14.4 Å². The number of amides is 2. The third kappa shape index (κ3) is 5.19. The van der Waals surface area contributed by atoms with Crippen molar-refractivity contribution in [2.24, 2.45) is 13.0 Å². The summed E-state index contributed by atoms with van der Waals surface area (Å²) in [5, 5.41) is 2.86. The van der Waals surface area contributed by atoms with Crippen LogP contribution in [0.1, 0.15) is 30.1 Å². The normalized spacial score (nSPS) is 15.7. The first-order valence-corrected chi connectivity index (χ1v) is 11.7. The van der Waals surface area contributed by atoms with Crippen LogP contribution in [0.15, 0.2) is 42.5 Å². The van der Waals surface area contributed by atoms with Crippen LogP contribution in [-0.2, 0) is 26.1 Å². The third-order valence-electron chi connectivity index (χ3n) is 6.13. The first-order chi connectivity index (χ1) is 16.9. The molecule has 9 nitrogen and oxygen atoms in total. The fraction of sp³-hybridized carbons (Fsp3) is 0.385. The van der Waals surface area contributed by atoms with Gasteiger partial charge in [0.15, 0.2) is 0 Å². The molecule has 0 spiro atoms. The third-order valence-corrected chi connectivity index (χ3v) is 6.13. The maximum Gasteiger partial charge on any atom is 0.310 e. The molecule has 0 unspecified atom stereocenters. The molecule has 2 aromatic carbocycles. The Balaban J connectivity index is 1.73. The van der Waals surface area contributed by atoms with E-state index in [1.165, 1.54) is 7.11 Å². The van der Waals surface area contributed by atoms with Crippen LogP contribution in [0.3, 0.4) is 0 Å². The molecule has 0 bridgehead atoms. The van der Waals surface area contributed by atoms with Gasteiger partial charge in [-0.25, -0.2) is 4.98 Å². The van der Waals surface area contributed by atoms with Crippen LogP contribution in [0.4, 0.5) is 5.69 Å². The molecule has 9 heteroatoms. The van der Waals surface area contributed by atoms with Crippen LogP contribution >= 0.6 is 0 Å². The van der Waals surface area contributed by atoms with Gasteiger partial charge in [0.1, 0.15) is 12.4 Å². The number of methoxy groups -OCH3 is 1. The summed E-state index contributed by atoms with van der Waals surface area (Å²) in [7, 11) is 3.32. The summed E-state index contributed by atoms with van der Waals surface area (Å²) in [6.45, 7) is 2.83. The number of hydrogen-bond acceptors (Lipinski definition) is 6. The molecule has 1 aliphatic heterocycles. The number of rotatable bonds is 7. The lowest BCUT2D eigenvalue weighted by molar-refractivity contribution is -0.149. The number of nitrogens with one attached hydrogen (secondary N) is 1. The van der Waals surface area contributed by atoms with E-state index in [0.717, 1.165) is 12.0 Å². The van der Waals surface area contributed by atoms with Gasteiger partial charge in [-0.1, -0.05) is 30.3 Å². The molecular formula is C26H30N4O5. The number of aryl methyl sites for hydroxylation is 1. The Morgan fingerprint density at radius 3 is 2.66 bits per heavy atom. The van der Waals surface area contributed by atoms with Gasteiger partial charge in [-0.2, -0.15) is 0 Å². The monoisotopic (exact) mass is 478 g/mol. The number of nitrogens with zero attached hydrogens (tertiary/aromatic N) is 3. The maximum atomic E-state index is 13.5. The van der Waals surface area contributed by atoms with E-state index in [-0.39, 0.29) is 30.3 Å². The van der Waals surface area contributed by atoms with Crippen molar-refractivity contribution >= 4 is 34.5 Å². The number of imidazole rings is 1. The van der Waals surface area contributed by atoms with Crippen molar-refractivity contribution in [1.82, 2.24) is 14.5 Å². The van der Waals surface area contributed by atoms with Crippen LogP contribution in [0.25, 0.3) is 22.4 Å². The SMILES string of the molecule is CCOC(=O)[C@@H]1CCCN(C(=O)c2cc(NC(=O)COC)c3c(c2)nc(-c2ccccc2)n3C)C1. The number of esters is 1. The first-order valence-electron chi connectivity index (χ1n) is 11.7. The Hall–Kier alpha value is -3.72. The number of ether oxygens (including phenoxy) is 2. The number of benzene rings is 2. The van der Waals surface area contributed by atoms with Crippen molar-refractivity contribution in [3.63, 3.8) is 0 Å². The molecule has 3 aromatic rings. The second-order valence-electron chi connectivity index (χ2n) is 8.58. The number of anilines is 1. The van der Waals surface area contributed by atoms with Gasteiger partial charge in [0.2, 0.25) is 5.91 Å². The number of piperidine rings is 1. The van der Waals surface area contributed by atoms with Crippen molar-refractivity contribution in [1.29, 1.82) is 0 Å². The number of carbonyl (C=O) groups excluding carboxylic acids is 3. The highest BCUT2D eigenvalue weighted by Crippen LogP contribution is 2.31. The molecule has 2 heterocycles. The van der Waals surface area contributed by atoms with E-state index in [1.54, 1.807) is 24.0 Å². The smallest absolute Gasteiger partial charge is 0.310 e. The average Bonchev–Trinajstić information content (AvgIpc) is 3.21.